The Labute approximate surface area is 319 Å². The molecule has 0 radical (unpaired) electrons. The average molecular weight is 876 g/mol. The molecular weight excluding hydrogens is 830 g/mol. The summed E-state index contributed by atoms with van der Waals surface area (Å²) in [6.45, 7) is -0.992. The van der Waals surface area contributed by atoms with Crippen LogP contribution < -0.4 is 5.32 Å². The van der Waals surface area contributed by atoms with Crippen LogP contribution in [0.25, 0.3) is 0 Å². The predicted octanol–water partition coefficient (Wildman–Crippen LogP) is 0.555. The lowest BCUT2D eigenvalue weighted by Crippen LogP contribution is -2.39. The Kier molecular flexibility index (Phi) is 17.8. The molecule has 2 unspecified atom stereocenters. The minimum absolute atomic E-state index is 0.000692. The van der Waals surface area contributed by atoms with E-state index in [1.54, 1.807) is 5.32 Å². The number of phenolic OH excluding ortho intramolecular Hbond substituents is 2. The van der Waals surface area contributed by atoms with Crippen LogP contribution in [-0.2, 0) is 63.4 Å². The molecular formula is C30H45N3O19P4. The van der Waals surface area contributed by atoms with Crippen molar-refractivity contribution in [3.63, 3.8) is 0 Å². The first-order valence-corrected chi connectivity index (χ1v) is 23.5. The number of benzene rings is 2. The lowest BCUT2D eigenvalue weighted by Gasteiger charge is -2.26. The molecule has 0 saturated carbocycles. The maximum atomic E-state index is 12.5. The van der Waals surface area contributed by atoms with Crippen molar-refractivity contribution < 1.29 is 92.1 Å². The van der Waals surface area contributed by atoms with Crippen LogP contribution in [0, 0.1) is 0 Å². The zero-order chi connectivity index (χ0) is 42.8. The summed E-state index contributed by atoms with van der Waals surface area (Å²) < 4.78 is 46.6. The molecule has 2 atom stereocenters. The van der Waals surface area contributed by atoms with Gasteiger partial charge in [0.15, 0.2) is 0 Å². The van der Waals surface area contributed by atoms with Crippen LogP contribution in [0.15, 0.2) is 36.4 Å². The summed E-state index contributed by atoms with van der Waals surface area (Å²) in [6.07, 6.45) is -1.75. The minimum atomic E-state index is -5.43. The highest BCUT2D eigenvalue weighted by Gasteiger charge is 2.44. The van der Waals surface area contributed by atoms with Gasteiger partial charge in [-0.05, 0) is 36.1 Å². The lowest BCUT2D eigenvalue weighted by molar-refractivity contribution is -0.140. The van der Waals surface area contributed by atoms with E-state index < -0.39 is 90.6 Å². The molecule has 0 fully saturated rings. The first-order valence-electron chi connectivity index (χ1n) is 16.3. The Hall–Kier alpha value is -3.32. The highest BCUT2D eigenvalue weighted by Crippen LogP contribution is 2.61. The van der Waals surface area contributed by atoms with Crippen molar-refractivity contribution in [2.24, 2.45) is 0 Å². The van der Waals surface area contributed by atoms with E-state index in [0.717, 1.165) is 6.66 Å². The van der Waals surface area contributed by atoms with Crippen LogP contribution in [0.2, 0.25) is 0 Å². The lowest BCUT2D eigenvalue weighted by atomic mass is 10.0. The number of ketones is 1. The van der Waals surface area contributed by atoms with Crippen molar-refractivity contribution in [2.45, 2.75) is 56.1 Å². The first-order chi connectivity index (χ1) is 25.6. The molecule has 0 aliphatic heterocycles. The van der Waals surface area contributed by atoms with Crippen molar-refractivity contribution in [2.75, 3.05) is 32.8 Å². The number of hydrogen-bond donors (Lipinski definition) is 12. The number of hydrogen-bond acceptors (Lipinski definition) is 12. The smallest absolute Gasteiger partial charge is 0.360 e. The Bertz CT molecular complexity index is 1760. The molecule has 56 heavy (non-hydrogen) atoms. The number of aliphatic carboxylic acids is 2. The molecule has 314 valence electrons. The van der Waals surface area contributed by atoms with Crippen molar-refractivity contribution in [1.29, 1.82) is 0 Å². The van der Waals surface area contributed by atoms with Gasteiger partial charge in [0.25, 0.3) is 0 Å². The number of carbonyl (C=O) groups excluding carboxylic acids is 2. The van der Waals surface area contributed by atoms with Gasteiger partial charge in [0.2, 0.25) is 18.8 Å². The van der Waals surface area contributed by atoms with Gasteiger partial charge < -0.3 is 60.0 Å². The number of aryl methyl sites for hydroxylation is 2. The summed E-state index contributed by atoms with van der Waals surface area (Å²) in [7, 11) is -20.3. The fraction of sp³-hybridized carbons (Fsp3) is 0.467. The van der Waals surface area contributed by atoms with Crippen LogP contribution in [0.4, 0.5) is 0 Å². The predicted molar refractivity (Wildman–Crippen MR) is 196 cm³/mol. The third kappa shape index (κ3) is 17.0. The third-order valence-corrected chi connectivity index (χ3v) is 15.9. The molecule has 0 aliphatic carbocycles. The molecule has 2 aromatic rings. The molecule has 0 bridgehead atoms. The van der Waals surface area contributed by atoms with Gasteiger partial charge in [0.05, 0.1) is 13.1 Å². The van der Waals surface area contributed by atoms with Gasteiger partial charge >= 0.3 is 34.7 Å². The summed E-state index contributed by atoms with van der Waals surface area (Å²) in [5.74, 6) is -4.88. The molecule has 2 rings (SSSR count). The van der Waals surface area contributed by atoms with Gasteiger partial charge in [-0.1, -0.05) is 24.3 Å². The van der Waals surface area contributed by atoms with Gasteiger partial charge in [-0.2, -0.15) is 0 Å². The zero-order valence-corrected chi connectivity index (χ0v) is 33.3. The summed E-state index contributed by atoms with van der Waals surface area (Å²) >= 11 is 0. The van der Waals surface area contributed by atoms with Gasteiger partial charge in [-0.3, -0.25) is 47.2 Å². The number of nitrogens with zero attached hydrogens (tertiary/aromatic N) is 2. The zero-order valence-electron chi connectivity index (χ0n) is 29.8. The van der Waals surface area contributed by atoms with Crippen LogP contribution in [0.1, 0.15) is 41.5 Å². The summed E-state index contributed by atoms with van der Waals surface area (Å²) in [5.41, 5.74) is -1.53. The number of carboxylic acid groups (broad SMARTS) is 2. The van der Waals surface area contributed by atoms with Gasteiger partial charge in [0.1, 0.15) is 22.7 Å². The van der Waals surface area contributed by atoms with E-state index >= 15 is 0 Å². The second-order valence-corrected chi connectivity index (χ2v) is 21.5. The Balaban J connectivity index is 2.18. The van der Waals surface area contributed by atoms with E-state index in [2.05, 4.69) is 0 Å². The molecule has 26 heteroatoms. The molecule has 12 N–H and O–H groups in total. The largest absolute Gasteiger partial charge is 0.508 e. The number of rotatable bonds is 24. The van der Waals surface area contributed by atoms with E-state index in [-0.39, 0.29) is 68.1 Å². The molecule has 0 spiro atoms. The maximum absolute atomic E-state index is 12.5. The molecule has 1 amide bonds. The van der Waals surface area contributed by atoms with Crippen molar-refractivity contribution in [3.05, 3.63) is 58.7 Å². The van der Waals surface area contributed by atoms with E-state index in [1.807, 2.05) is 0 Å². The molecule has 0 aromatic heterocycles. The number of amides is 1. The molecule has 2 aromatic carbocycles. The standard InChI is InChI=1S/C30H45N3O19P4/c1-53(42,43)29(54(44,45)46)14-23(34)6-2-19-3-7-24(35)21(12-19)15-32(17-27(38)39)10-11-33(18-28(40)41)16-22-13-20(4-8-25(22)36)5-9-26(37)31-30(55(47,48)49)56(50,51)52/h3-4,7-8,12-13,29-30,35-36H,2,5-6,9-11,14-18H2,1H3,(H,31,37)(H,38,39)(H,40,41)(H,42,43)(H2,44,45,46)(H2,47,48,49)(H2,50,51,52). The highest BCUT2D eigenvalue weighted by atomic mass is 31.2. The van der Waals surface area contributed by atoms with E-state index in [1.165, 1.54) is 46.2 Å². The van der Waals surface area contributed by atoms with Crippen LogP contribution in [0.5, 0.6) is 11.5 Å². The summed E-state index contributed by atoms with van der Waals surface area (Å²) in [4.78, 5) is 116. The number of phenols is 2. The van der Waals surface area contributed by atoms with E-state index in [9.17, 15) is 92.1 Å². The Morgan fingerprint density at radius 3 is 1.43 bits per heavy atom. The van der Waals surface area contributed by atoms with E-state index in [4.69, 9.17) is 0 Å². The fourth-order valence-electron chi connectivity index (χ4n) is 5.41. The molecule has 22 nitrogen and oxygen atoms in total. The monoisotopic (exact) mass is 875 g/mol. The van der Waals surface area contributed by atoms with Crippen molar-refractivity contribution >= 4 is 53.8 Å². The number of carbonyl (C=O) groups is 4. The maximum Gasteiger partial charge on any atom is 0.360 e. The normalized spacial score (nSPS) is 14.1. The summed E-state index contributed by atoms with van der Waals surface area (Å²) in [5, 5.41) is 39.7. The Morgan fingerprint density at radius 1 is 0.661 bits per heavy atom. The van der Waals surface area contributed by atoms with E-state index in [0.29, 0.717) is 11.1 Å². The van der Waals surface area contributed by atoms with Gasteiger partial charge in [0, 0.05) is 63.2 Å². The SMILES string of the molecule is CP(=O)(O)C(CC(=O)CCc1ccc(O)c(CN(CCN(CC(=O)O)Cc2cc(CCC(=O)NC(P(=O)(O)O)P(=O)(O)O)ccc2O)CC(=O)O)c1)P(=O)(O)O. The van der Waals surface area contributed by atoms with Crippen molar-refractivity contribution in [1.82, 2.24) is 15.1 Å². The quantitative estimate of drug-likeness (QED) is 0.0641. The highest BCUT2D eigenvalue weighted by molar-refractivity contribution is 7.73. The number of Topliss-reactive ketones (excluding diaryl/α,β-unsaturated/α-hetero) is 1. The molecule has 0 heterocycles. The first kappa shape index (κ1) is 48.8. The van der Waals surface area contributed by atoms with Crippen LogP contribution >= 0.6 is 30.2 Å². The Morgan fingerprint density at radius 2 is 1.07 bits per heavy atom. The molecule has 0 saturated heterocycles. The third-order valence-electron chi connectivity index (χ3n) is 8.14. The second-order valence-electron chi connectivity index (χ2n) is 13.0. The topological polar surface area (TPSA) is 378 Å². The van der Waals surface area contributed by atoms with Crippen molar-refractivity contribution in [3.8, 4) is 11.5 Å². The fourth-order valence-corrected chi connectivity index (χ4v) is 10.8. The minimum Gasteiger partial charge on any atom is -0.508 e. The van der Waals surface area contributed by atoms with Gasteiger partial charge in [-0.15, -0.1) is 0 Å². The van der Waals surface area contributed by atoms with Crippen LogP contribution in [0.3, 0.4) is 0 Å². The number of carboxylic acids is 2. The number of nitrogens with one attached hydrogen (secondary N) is 1. The molecule has 0 aliphatic rings. The number of aromatic hydroxyl groups is 2. The van der Waals surface area contributed by atoms with Crippen LogP contribution in [-0.4, -0.2) is 132 Å². The second kappa shape index (κ2) is 20.4. The average Bonchev–Trinajstić information content (AvgIpc) is 3.02. The summed E-state index contributed by atoms with van der Waals surface area (Å²) in [6, 6.07) is 8.23. The van der Waals surface area contributed by atoms with Gasteiger partial charge in [-0.25, -0.2) is 0 Å².